The van der Waals surface area contributed by atoms with E-state index in [1.165, 1.54) is 0 Å². The van der Waals surface area contributed by atoms with Gasteiger partial charge in [0.1, 0.15) is 5.82 Å². The Labute approximate surface area is 235 Å². The summed E-state index contributed by atoms with van der Waals surface area (Å²) < 4.78 is 2.27. The van der Waals surface area contributed by atoms with Gasteiger partial charge < -0.3 is 15.0 Å². The van der Waals surface area contributed by atoms with Crippen molar-refractivity contribution in [1.29, 1.82) is 0 Å². The SMILES string of the molecule is CCCc1nc2c(C)cc(CNC(=O)C(CS)CCC)cc2n1Cc1ccc(-c2ccccc2C(=O)O)cc1. The number of fused-ring (bicyclic) bond motifs is 1. The molecule has 3 aromatic carbocycles. The minimum Gasteiger partial charge on any atom is -0.478 e. The summed E-state index contributed by atoms with van der Waals surface area (Å²) in [6.07, 6.45) is 3.64. The predicted molar refractivity (Wildman–Crippen MR) is 161 cm³/mol. The lowest BCUT2D eigenvalue weighted by Gasteiger charge is -2.14. The molecule has 0 spiro atoms. The highest BCUT2D eigenvalue weighted by Gasteiger charge is 2.18. The Morgan fingerprint density at radius 1 is 1.03 bits per heavy atom. The van der Waals surface area contributed by atoms with Gasteiger partial charge in [0.2, 0.25) is 5.91 Å². The largest absolute Gasteiger partial charge is 0.478 e. The number of benzene rings is 3. The molecule has 1 unspecified atom stereocenters. The molecule has 6 nitrogen and oxygen atoms in total. The maximum atomic E-state index is 12.7. The van der Waals surface area contributed by atoms with Crippen molar-refractivity contribution in [1.82, 2.24) is 14.9 Å². The standard InChI is InChI=1S/C32H37N3O3S/c1-4-8-25(20-39)31(36)33-18-23-16-21(3)30-28(17-23)35(29(34-30)9-5-2)19-22-12-14-24(15-13-22)26-10-6-7-11-27(26)32(37)38/h6-7,10-17,25,39H,4-5,8-9,18-20H2,1-3H3,(H,33,36)(H,37,38). The molecule has 1 amide bonds. The summed E-state index contributed by atoms with van der Waals surface area (Å²) in [5, 5.41) is 12.7. The van der Waals surface area contributed by atoms with Crippen LogP contribution in [0.1, 0.15) is 66.0 Å². The highest BCUT2D eigenvalue weighted by molar-refractivity contribution is 7.80. The number of carbonyl (C=O) groups is 2. The number of thiol groups is 1. The number of aromatic nitrogens is 2. The second kappa shape index (κ2) is 13.0. The summed E-state index contributed by atoms with van der Waals surface area (Å²) in [7, 11) is 0. The summed E-state index contributed by atoms with van der Waals surface area (Å²) in [6.45, 7) is 7.43. The number of carboxylic acid groups (broad SMARTS) is 1. The number of nitrogens with one attached hydrogen (secondary N) is 1. The Hall–Kier alpha value is -3.58. The van der Waals surface area contributed by atoms with Crippen molar-refractivity contribution in [2.75, 3.05) is 5.75 Å². The number of hydrogen-bond donors (Lipinski definition) is 3. The monoisotopic (exact) mass is 543 g/mol. The molecule has 1 aromatic heterocycles. The number of aromatic carboxylic acids is 1. The molecule has 0 aliphatic heterocycles. The van der Waals surface area contributed by atoms with E-state index in [0.717, 1.165) is 64.8 Å². The van der Waals surface area contributed by atoms with Crippen molar-refractivity contribution in [2.45, 2.75) is 59.5 Å². The van der Waals surface area contributed by atoms with Crippen LogP contribution in [0.25, 0.3) is 22.2 Å². The number of amides is 1. The topological polar surface area (TPSA) is 84.2 Å². The normalized spacial score (nSPS) is 12.0. The molecule has 7 heteroatoms. The van der Waals surface area contributed by atoms with E-state index in [4.69, 9.17) is 4.98 Å². The van der Waals surface area contributed by atoms with Crippen molar-refractivity contribution in [3.05, 3.63) is 88.7 Å². The molecule has 0 saturated heterocycles. The van der Waals surface area contributed by atoms with Gasteiger partial charge >= 0.3 is 5.97 Å². The maximum absolute atomic E-state index is 12.7. The van der Waals surface area contributed by atoms with Crippen LogP contribution in [-0.4, -0.2) is 32.3 Å². The molecule has 0 bridgehead atoms. The third kappa shape index (κ3) is 6.53. The first-order valence-corrected chi connectivity index (χ1v) is 14.3. The molecule has 0 aliphatic carbocycles. The first-order chi connectivity index (χ1) is 18.9. The van der Waals surface area contributed by atoms with E-state index in [1.54, 1.807) is 12.1 Å². The zero-order valence-electron chi connectivity index (χ0n) is 22.9. The highest BCUT2D eigenvalue weighted by atomic mass is 32.1. The predicted octanol–water partition coefficient (Wildman–Crippen LogP) is 6.67. The van der Waals surface area contributed by atoms with E-state index < -0.39 is 5.97 Å². The fourth-order valence-corrected chi connectivity index (χ4v) is 5.44. The number of imidazole rings is 1. The summed E-state index contributed by atoms with van der Waals surface area (Å²) in [5.74, 6) is 0.628. The van der Waals surface area contributed by atoms with Crippen LogP contribution < -0.4 is 5.32 Å². The molecule has 4 rings (SSSR count). The van der Waals surface area contributed by atoms with Crippen molar-refractivity contribution in [3.8, 4) is 11.1 Å². The number of aryl methyl sites for hydroxylation is 2. The first-order valence-electron chi connectivity index (χ1n) is 13.6. The summed E-state index contributed by atoms with van der Waals surface area (Å²) in [6, 6.07) is 19.4. The summed E-state index contributed by atoms with van der Waals surface area (Å²) in [5.41, 5.74) is 7.16. The molecular weight excluding hydrogens is 506 g/mol. The molecule has 4 aromatic rings. The van der Waals surface area contributed by atoms with Crippen molar-refractivity contribution >= 4 is 35.5 Å². The Balaban J connectivity index is 1.63. The lowest BCUT2D eigenvalue weighted by molar-refractivity contribution is -0.124. The Morgan fingerprint density at radius 3 is 2.44 bits per heavy atom. The summed E-state index contributed by atoms with van der Waals surface area (Å²) >= 11 is 4.36. The van der Waals surface area contributed by atoms with Crippen LogP contribution in [0, 0.1) is 12.8 Å². The van der Waals surface area contributed by atoms with Crippen LogP contribution in [0.2, 0.25) is 0 Å². The molecule has 39 heavy (non-hydrogen) atoms. The average molecular weight is 544 g/mol. The fraction of sp³-hybridized carbons (Fsp3) is 0.344. The zero-order chi connectivity index (χ0) is 27.9. The minimum atomic E-state index is -0.933. The second-order valence-electron chi connectivity index (χ2n) is 10.1. The molecule has 1 atom stereocenters. The number of hydrogen-bond acceptors (Lipinski definition) is 4. The number of rotatable bonds is 12. The van der Waals surface area contributed by atoms with Gasteiger partial charge in [0.05, 0.1) is 16.6 Å². The Morgan fingerprint density at radius 2 is 1.77 bits per heavy atom. The van der Waals surface area contributed by atoms with E-state index in [9.17, 15) is 14.7 Å². The summed E-state index contributed by atoms with van der Waals surface area (Å²) in [4.78, 5) is 29.3. The van der Waals surface area contributed by atoms with E-state index in [1.807, 2.05) is 24.3 Å². The van der Waals surface area contributed by atoms with Crippen LogP contribution in [0.4, 0.5) is 0 Å². The van der Waals surface area contributed by atoms with Crippen LogP contribution in [-0.2, 0) is 24.3 Å². The molecular formula is C32H37N3O3S. The Bertz CT molecular complexity index is 1460. The van der Waals surface area contributed by atoms with Crippen molar-refractivity contribution in [3.63, 3.8) is 0 Å². The molecule has 204 valence electrons. The van der Waals surface area contributed by atoms with E-state index in [0.29, 0.717) is 30.0 Å². The Kier molecular flexibility index (Phi) is 9.46. The van der Waals surface area contributed by atoms with Crippen LogP contribution in [0.3, 0.4) is 0 Å². The van der Waals surface area contributed by atoms with Crippen LogP contribution in [0.5, 0.6) is 0 Å². The first kappa shape index (κ1) is 28.4. The molecule has 2 N–H and O–H groups in total. The van der Waals surface area contributed by atoms with E-state index in [2.05, 4.69) is 67.5 Å². The van der Waals surface area contributed by atoms with Gasteiger partial charge in [-0.1, -0.05) is 68.8 Å². The minimum absolute atomic E-state index is 0.0503. The maximum Gasteiger partial charge on any atom is 0.336 e. The molecule has 0 fully saturated rings. The van der Waals surface area contributed by atoms with Gasteiger partial charge in [0.25, 0.3) is 0 Å². The van der Waals surface area contributed by atoms with Crippen LogP contribution >= 0.6 is 12.6 Å². The molecule has 0 aliphatic rings. The van der Waals surface area contributed by atoms with Gasteiger partial charge in [0.15, 0.2) is 0 Å². The molecule has 1 heterocycles. The highest BCUT2D eigenvalue weighted by Crippen LogP contribution is 2.27. The van der Waals surface area contributed by atoms with E-state index in [-0.39, 0.29) is 11.8 Å². The smallest absolute Gasteiger partial charge is 0.336 e. The van der Waals surface area contributed by atoms with Gasteiger partial charge in [-0.3, -0.25) is 4.79 Å². The van der Waals surface area contributed by atoms with Gasteiger partial charge in [-0.2, -0.15) is 12.6 Å². The number of nitrogens with zero attached hydrogens (tertiary/aromatic N) is 2. The van der Waals surface area contributed by atoms with Gasteiger partial charge in [0, 0.05) is 31.2 Å². The average Bonchev–Trinajstić information content (AvgIpc) is 3.28. The quantitative estimate of drug-likeness (QED) is 0.174. The number of carboxylic acids is 1. The van der Waals surface area contributed by atoms with Crippen molar-refractivity contribution in [2.24, 2.45) is 5.92 Å². The molecule has 0 radical (unpaired) electrons. The second-order valence-corrected chi connectivity index (χ2v) is 10.4. The zero-order valence-corrected chi connectivity index (χ0v) is 23.8. The van der Waals surface area contributed by atoms with Crippen molar-refractivity contribution < 1.29 is 14.7 Å². The van der Waals surface area contributed by atoms with Gasteiger partial charge in [-0.15, -0.1) is 0 Å². The third-order valence-corrected chi connectivity index (χ3v) is 7.56. The van der Waals surface area contributed by atoms with Crippen LogP contribution in [0.15, 0.2) is 60.7 Å². The lowest BCUT2D eigenvalue weighted by Crippen LogP contribution is -2.31. The molecule has 0 saturated carbocycles. The number of carbonyl (C=O) groups excluding carboxylic acids is 1. The van der Waals surface area contributed by atoms with Gasteiger partial charge in [-0.25, -0.2) is 9.78 Å². The fourth-order valence-electron chi connectivity index (χ4n) is 5.09. The van der Waals surface area contributed by atoms with E-state index >= 15 is 0 Å². The van der Waals surface area contributed by atoms with Gasteiger partial charge in [-0.05, 0) is 59.7 Å². The lowest BCUT2D eigenvalue weighted by atomic mass is 9.98. The third-order valence-electron chi connectivity index (χ3n) is 7.12.